The second-order valence-corrected chi connectivity index (χ2v) is 15.9. The summed E-state index contributed by atoms with van der Waals surface area (Å²) in [4.78, 5) is 63.9. The van der Waals surface area contributed by atoms with Crippen molar-refractivity contribution in [3.05, 3.63) is 41.0 Å². The molecule has 0 saturated carbocycles. The highest BCUT2D eigenvalue weighted by molar-refractivity contribution is 7.13. The number of hydrogen-bond donors (Lipinski definition) is 3. The van der Waals surface area contributed by atoms with Gasteiger partial charge >= 0.3 is 5.97 Å². The van der Waals surface area contributed by atoms with Gasteiger partial charge in [0, 0.05) is 39.1 Å². The molecule has 0 bridgehead atoms. The molecule has 2 fully saturated rings. The highest BCUT2D eigenvalue weighted by Gasteiger charge is 2.44. The van der Waals surface area contributed by atoms with E-state index < -0.39 is 35.1 Å². The molecule has 0 aliphatic carbocycles. The van der Waals surface area contributed by atoms with Crippen LogP contribution in [0.4, 0.5) is 0 Å². The SMILES string of the molecule is Cc1ncsc1-c1ccc([C@H](C)NC(=O)[C@@H]2C[C@@H](O)CN2C(=O)[C@@H](NC(=O)CN2CCN(CC(=O)OC(C)(C)C)CC2)C(C)(C)C)cc1. The third-order valence-electron chi connectivity index (χ3n) is 8.67. The molecule has 2 aromatic rings. The molecule has 4 rings (SSSR count). The lowest BCUT2D eigenvalue weighted by molar-refractivity contribution is -0.156. The van der Waals surface area contributed by atoms with Crippen molar-refractivity contribution in [2.24, 2.45) is 5.41 Å². The Bertz CT molecular complexity index is 1440. The standard InChI is InChI=1S/C35H52N6O6S/c1-22(24-9-11-25(12-10-24)30-23(2)36-21-48-30)37-32(45)27-17-26(42)18-41(27)33(46)31(34(3,4)5)38-28(43)19-39-13-15-40(16-14-39)20-29(44)47-35(6,7)8/h9-12,21-22,26-27,31,42H,13-20H2,1-8H3,(H,37,45)(H,38,43)/t22-,26+,27-,31+/m0/s1. The monoisotopic (exact) mass is 684 g/mol. The van der Waals surface area contributed by atoms with E-state index in [0.717, 1.165) is 21.7 Å². The Kier molecular flexibility index (Phi) is 12.0. The number of β-amino-alcohol motifs (C(OH)–C–C–N with tert-alkyl or cyclic N) is 1. The van der Waals surface area contributed by atoms with Gasteiger partial charge in [0.25, 0.3) is 0 Å². The van der Waals surface area contributed by atoms with Crippen molar-refractivity contribution in [2.45, 2.75) is 91.6 Å². The van der Waals surface area contributed by atoms with E-state index in [1.165, 1.54) is 4.90 Å². The van der Waals surface area contributed by atoms with Gasteiger partial charge in [0.1, 0.15) is 17.7 Å². The molecule has 3 heterocycles. The number of esters is 1. The first-order valence-corrected chi connectivity index (χ1v) is 17.5. The van der Waals surface area contributed by atoms with Crippen LogP contribution in [-0.2, 0) is 23.9 Å². The van der Waals surface area contributed by atoms with E-state index in [1.54, 1.807) is 11.3 Å². The number of piperazine rings is 1. The fourth-order valence-corrected chi connectivity index (χ4v) is 6.90. The normalized spacial score (nSPS) is 20.6. The van der Waals surface area contributed by atoms with Gasteiger partial charge in [0.15, 0.2) is 0 Å². The van der Waals surface area contributed by atoms with E-state index in [0.29, 0.717) is 26.2 Å². The van der Waals surface area contributed by atoms with Gasteiger partial charge in [-0.3, -0.25) is 29.0 Å². The average molecular weight is 685 g/mol. The number of rotatable bonds is 10. The van der Waals surface area contributed by atoms with Gasteiger partial charge in [-0.05, 0) is 51.2 Å². The zero-order chi connectivity index (χ0) is 35.4. The number of ether oxygens (including phenoxy) is 1. The molecule has 4 atom stereocenters. The summed E-state index contributed by atoms with van der Waals surface area (Å²) in [5.74, 6) is -1.31. The molecule has 2 aliphatic rings. The van der Waals surface area contributed by atoms with Crippen LogP contribution in [0.2, 0.25) is 0 Å². The van der Waals surface area contributed by atoms with E-state index in [1.807, 2.05) is 95.0 Å². The molecule has 0 radical (unpaired) electrons. The van der Waals surface area contributed by atoms with Crippen molar-refractivity contribution in [3.8, 4) is 10.4 Å². The molecule has 2 saturated heterocycles. The third-order valence-corrected chi connectivity index (χ3v) is 9.64. The molecule has 1 aromatic heterocycles. The second kappa shape index (κ2) is 15.4. The third kappa shape index (κ3) is 10.1. The minimum absolute atomic E-state index is 0.0102. The first-order valence-electron chi connectivity index (χ1n) is 16.7. The highest BCUT2D eigenvalue weighted by Crippen LogP contribution is 2.29. The lowest BCUT2D eigenvalue weighted by Gasteiger charge is -2.37. The van der Waals surface area contributed by atoms with Crippen LogP contribution in [-0.4, -0.2) is 118 Å². The molecule has 1 aromatic carbocycles. The summed E-state index contributed by atoms with van der Waals surface area (Å²) in [7, 11) is 0. The van der Waals surface area contributed by atoms with Crippen LogP contribution in [0.25, 0.3) is 10.4 Å². The van der Waals surface area contributed by atoms with Crippen LogP contribution >= 0.6 is 11.3 Å². The Morgan fingerprint density at radius 1 is 0.979 bits per heavy atom. The fraction of sp³-hybridized carbons (Fsp3) is 0.629. The van der Waals surface area contributed by atoms with Gasteiger partial charge in [-0.2, -0.15) is 0 Å². The van der Waals surface area contributed by atoms with Crippen LogP contribution in [0.3, 0.4) is 0 Å². The number of nitrogens with one attached hydrogen (secondary N) is 2. The Labute approximate surface area is 288 Å². The lowest BCUT2D eigenvalue weighted by atomic mass is 9.85. The summed E-state index contributed by atoms with van der Waals surface area (Å²) in [5, 5.41) is 16.5. The first kappa shape index (κ1) is 37.4. The Morgan fingerprint density at radius 2 is 1.58 bits per heavy atom. The fourth-order valence-electron chi connectivity index (χ4n) is 6.09. The summed E-state index contributed by atoms with van der Waals surface area (Å²) in [6.45, 7) is 17.7. The van der Waals surface area contributed by atoms with Gasteiger partial charge in [0.05, 0.1) is 41.3 Å². The molecule has 0 unspecified atom stereocenters. The molecular formula is C35H52N6O6S. The Morgan fingerprint density at radius 3 is 2.12 bits per heavy atom. The topological polar surface area (TPSA) is 144 Å². The van der Waals surface area contributed by atoms with E-state index in [2.05, 4.69) is 15.6 Å². The second-order valence-electron chi connectivity index (χ2n) is 15.0. The van der Waals surface area contributed by atoms with Crippen LogP contribution in [0.1, 0.15) is 72.2 Å². The van der Waals surface area contributed by atoms with Gasteiger partial charge in [0.2, 0.25) is 17.7 Å². The van der Waals surface area contributed by atoms with Crippen LogP contribution < -0.4 is 10.6 Å². The minimum atomic E-state index is -0.903. The van der Waals surface area contributed by atoms with E-state index in [9.17, 15) is 24.3 Å². The first-order chi connectivity index (χ1) is 22.4. The number of amides is 3. The van der Waals surface area contributed by atoms with Crippen LogP contribution in [0.15, 0.2) is 29.8 Å². The molecule has 48 heavy (non-hydrogen) atoms. The predicted octanol–water partition coefficient (Wildman–Crippen LogP) is 2.75. The molecule has 3 amide bonds. The summed E-state index contributed by atoms with van der Waals surface area (Å²) in [5.41, 5.74) is 3.57. The van der Waals surface area contributed by atoms with E-state index >= 15 is 0 Å². The predicted molar refractivity (Wildman–Crippen MR) is 185 cm³/mol. The van der Waals surface area contributed by atoms with Gasteiger partial charge in [-0.15, -0.1) is 11.3 Å². The van der Waals surface area contributed by atoms with Gasteiger partial charge < -0.3 is 25.4 Å². The van der Waals surface area contributed by atoms with Crippen molar-refractivity contribution in [3.63, 3.8) is 0 Å². The molecule has 0 spiro atoms. The quantitative estimate of drug-likeness (QED) is 0.322. The number of aliphatic hydroxyl groups excluding tert-OH is 1. The van der Waals surface area contributed by atoms with Crippen molar-refractivity contribution in [1.82, 2.24) is 30.3 Å². The lowest BCUT2D eigenvalue weighted by Crippen LogP contribution is -2.59. The van der Waals surface area contributed by atoms with Crippen LogP contribution in [0, 0.1) is 12.3 Å². The number of hydrogen-bond acceptors (Lipinski definition) is 10. The molecule has 12 nitrogen and oxygen atoms in total. The van der Waals surface area contributed by atoms with Crippen molar-refractivity contribution in [1.29, 1.82) is 0 Å². The summed E-state index contributed by atoms with van der Waals surface area (Å²) in [6.07, 6.45) is -0.734. The molecule has 13 heteroatoms. The smallest absolute Gasteiger partial charge is 0.320 e. The number of aromatic nitrogens is 1. The van der Waals surface area contributed by atoms with Gasteiger partial charge in [-0.25, -0.2) is 4.98 Å². The molecule has 2 aliphatic heterocycles. The maximum atomic E-state index is 14.0. The number of aliphatic hydroxyl groups is 1. The number of carbonyl (C=O) groups is 4. The number of carbonyl (C=O) groups excluding carboxylic acids is 4. The van der Waals surface area contributed by atoms with Gasteiger partial charge in [-0.1, -0.05) is 45.0 Å². The average Bonchev–Trinajstić information content (AvgIpc) is 3.60. The Hall–Kier alpha value is -3.39. The zero-order valence-electron chi connectivity index (χ0n) is 29.5. The van der Waals surface area contributed by atoms with Crippen molar-refractivity contribution >= 4 is 35.0 Å². The minimum Gasteiger partial charge on any atom is -0.459 e. The number of aryl methyl sites for hydroxylation is 1. The number of likely N-dealkylation sites (tertiary alicyclic amines) is 1. The number of nitrogens with zero attached hydrogens (tertiary/aromatic N) is 4. The maximum absolute atomic E-state index is 14.0. The summed E-state index contributed by atoms with van der Waals surface area (Å²) >= 11 is 1.58. The van der Waals surface area contributed by atoms with Crippen molar-refractivity contribution < 1.29 is 29.0 Å². The zero-order valence-corrected chi connectivity index (χ0v) is 30.4. The number of thiazole rings is 1. The Balaban J connectivity index is 1.34. The highest BCUT2D eigenvalue weighted by atomic mass is 32.1. The molecular weight excluding hydrogens is 632 g/mol. The molecule has 264 valence electrons. The van der Waals surface area contributed by atoms with E-state index in [-0.39, 0.29) is 49.9 Å². The van der Waals surface area contributed by atoms with E-state index in [4.69, 9.17) is 4.74 Å². The summed E-state index contributed by atoms with van der Waals surface area (Å²) in [6, 6.07) is 5.86. The largest absolute Gasteiger partial charge is 0.459 e. The summed E-state index contributed by atoms with van der Waals surface area (Å²) < 4.78 is 5.42. The number of benzene rings is 1. The molecule has 3 N–H and O–H groups in total. The van der Waals surface area contributed by atoms with Crippen LogP contribution in [0.5, 0.6) is 0 Å². The van der Waals surface area contributed by atoms with Crippen molar-refractivity contribution in [2.75, 3.05) is 45.8 Å². The maximum Gasteiger partial charge on any atom is 0.320 e.